The molecule has 3 rings (SSSR count). The molecule has 0 fully saturated rings. The van der Waals surface area contributed by atoms with Crippen LogP contribution in [0.3, 0.4) is 0 Å². The van der Waals surface area contributed by atoms with Crippen LogP contribution in [0.1, 0.15) is 0 Å². The first-order valence-electron chi connectivity index (χ1n) is 7.09. The van der Waals surface area contributed by atoms with Gasteiger partial charge in [0.15, 0.2) is 0 Å². The normalized spacial score (nSPS) is 12.0. The molecule has 0 heterocycles. The van der Waals surface area contributed by atoms with Gasteiger partial charge < -0.3 is 0 Å². The number of rotatable bonds is 4. The fourth-order valence-corrected chi connectivity index (χ4v) is 9.91. The van der Waals surface area contributed by atoms with E-state index in [2.05, 4.69) is 97.3 Å². The van der Waals surface area contributed by atoms with Crippen LogP contribution in [0.15, 0.2) is 91.0 Å². The summed E-state index contributed by atoms with van der Waals surface area (Å²) in [5.41, 5.74) is 0. The van der Waals surface area contributed by atoms with Crippen molar-refractivity contribution in [3.63, 3.8) is 0 Å². The van der Waals surface area contributed by atoms with Gasteiger partial charge in [0.25, 0.3) is 0 Å². The van der Waals surface area contributed by atoms with Gasteiger partial charge in [-0.2, -0.15) is 0 Å². The van der Waals surface area contributed by atoms with Gasteiger partial charge in [0.05, 0.1) is 0 Å². The van der Waals surface area contributed by atoms with Crippen LogP contribution in [0.5, 0.6) is 0 Å². The van der Waals surface area contributed by atoms with Crippen molar-refractivity contribution in [2.24, 2.45) is 0 Å². The Morgan fingerprint density at radius 1 is 0.524 bits per heavy atom. The minimum atomic E-state index is -1.98. The molecule has 0 unspecified atom stereocenters. The molecule has 0 radical (unpaired) electrons. The van der Waals surface area contributed by atoms with Crippen LogP contribution in [0.25, 0.3) is 0 Å². The molecule has 0 atom stereocenters. The maximum absolute atomic E-state index is 2.28. The first-order chi connectivity index (χ1) is 10.4. The molecule has 3 aromatic rings. The van der Waals surface area contributed by atoms with Crippen molar-refractivity contribution in [2.45, 2.75) is 0 Å². The molecule has 0 saturated heterocycles. The van der Waals surface area contributed by atoms with E-state index in [4.69, 9.17) is 0 Å². The first kappa shape index (κ1) is 14.4. The molecule has 0 aromatic heterocycles. The molecule has 0 amide bonds. The Morgan fingerprint density at radius 3 is 1.05 bits per heavy atom. The molecule has 0 spiro atoms. The molecule has 106 valence electrons. The van der Waals surface area contributed by atoms with E-state index < -0.39 is 6.46 Å². The van der Waals surface area contributed by atoms with Gasteiger partial charge in [0.1, 0.15) is 0 Å². The SMILES string of the molecule is CS[PH](c1ccccc1)(c1ccccc1)c1ccccc1. The molecule has 0 aliphatic heterocycles. The van der Waals surface area contributed by atoms with E-state index in [1.807, 2.05) is 11.4 Å². The average Bonchev–Trinajstić information content (AvgIpc) is 2.59. The summed E-state index contributed by atoms with van der Waals surface area (Å²) in [7, 11) is 0. The zero-order chi connectivity index (χ0) is 14.5. The minimum absolute atomic E-state index is 1.45. The summed E-state index contributed by atoms with van der Waals surface area (Å²) in [6.45, 7) is -1.98. The molecule has 2 heteroatoms. The second-order valence-corrected chi connectivity index (χ2v) is 11.5. The molecule has 0 saturated carbocycles. The molecule has 3 aromatic carbocycles. The predicted molar refractivity (Wildman–Crippen MR) is 100 cm³/mol. The molecule has 0 nitrogen and oxygen atoms in total. The quantitative estimate of drug-likeness (QED) is 0.657. The van der Waals surface area contributed by atoms with Crippen LogP contribution in [0, 0.1) is 0 Å². The van der Waals surface area contributed by atoms with Gasteiger partial charge in [-0.25, -0.2) is 0 Å². The average molecular weight is 310 g/mol. The van der Waals surface area contributed by atoms with Gasteiger partial charge in [-0.1, -0.05) is 0 Å². The van der Waals surface area contributed by atoms with Crippen molar-refractivity contribution < 1.29 is 0 Å². The summed E-state index contributed by atoms with van der Waals surface area (Å²) in [5.74, 6) is 0. The van der Waals surface area contributed by atoms with E-state index in [0.29, 0.717) is 0 Å². The summed E-state index contributed by atoms with van der Waals surface area (Å²) in [5, 5.41) is 4.36. The third-order valence-electron chi connectivity index (χ3n) is 3.85. The van der Waals surface area contributed by atoms with Gasteiger partial charge in [-0.15, -0.1) is 0 Å². The van der Waals surface area contributed by atoms with Crippen LogP contribution < -0.4 is 15.9 Å². The second kappa shape index (κ2) is 6.47. The Bertz CT molecular complexity index is 584. The third kappa shape index (κ3) is 2.64. The van der Waals surface area contributed by atoms with Crippen LogP contribution in [0.4, 0.5) is 0 Å². The summed E-state index contributed by atoms with van der Waals surface area (Å²) in [6, 6.07) is 32.9. The second-order valence-electron chi connectivity index (χ2n) is 4.98. The van der Waals surface area contributed by atoms with E-state index >= 15 is 0 Å². The number of hydrogen-bond donors (Lipinski definition) is 0. The fraction of sp³-hybridized carbons (Fsp3) is 0.0526. The van der Waals surface area contributed by atoms with Crippen molar-refractivity contribution in [3.05, 3.63) is 91.0 Å². The van der Waals surface area contributed by atoms with E-state index in [1.165, 1.54) is 15.9 Å². The monoisotopic (exact) mass is 310 g/mol. The first-order valence-corrected chi connectivity index (χ1v) is 11.0. The summed E-state index contributed by atoms with van der Waals surface area (Å²) < 4.78 is 0. The fourth-order valence-electron chi connectivity index (χ4n) is 2.87. The standard InChI is InChI=1S/C19H19PS/c1-21-20(17-11-5-2-6-12-17,18-13-7-3-8-14-18)19-15-9-4-10-16-19/h2-16,20H,1H3. The molecule has 0 bridgehead atoms. The Balaban J connectivity index is 2.29. The zero-order valence-corrected chi connectivity index (χ0v) is 13.9. The van der Waals surface area contributed by atoms with Crippen molar-refractivity contribution in [2.75, 3.05) is 6.26 Å². The van der Waals surface area contributed by atoms with Crippen molar-refractivity contribution in [3.8, 4) is 0 Å². The zero-order valence-electron chi connectivity index (χ0n) is 12.1. The molecule has 0 aliphatic carbocycles. The van der Waals surface area contributed by atoms with Crippen molar-refractivity contribution >= 4 is 33.8 Å². The van der Waals surface area contributed by atoms with Crippen LogP contribution in [-0.4, -0.2) is 6.26 Å². The number of benzene rings is 3. The van der Waals surface area contributed by atoms with Gasteiger partial charge in [0.2, 0.25) is 0 Å². The summed E-state index contributed by atoms with van der Waals surface area (Å²) in [4.78, 5) is 0. The molecule has 0 aliphatic rings. The van der Waals surface area contributed by atoms with E-state index in [-0.39, 0.29) is 0 Å². The van der Waals surface area contributed by atoms with E-state index in [1.54, 1.807) is 0 Å². The number of hydrogen-bond acceptors (Lipinski definition) is 1. The third-order valence-corrected chi connectivity index (χ3v) is 11.9. The van der Waals surface area contributed by atoms with Gasteiger partial charge >= 0.3 is 131 Å². The summed E-state index contributed by atoms with van der Waals surface area (Å²) >= 11 is 2.02. The van der Waals surface area contributed by atoms with Gasteiger partial charge in [0, 0.05) is 0 Å². The Kier molecular flexibility index (Phi) is 4.43. The Morgan fingerprint density at radius 2 is 0.810 bits per heavy atom. The van der Waals surface area contributed by atoms with E-state index in [0.717, 1.165) is 0 Å². The van der Waals surface area contributed by atoms with Crippen molar-refractivity contribution in [1.82, 2.24) is 0 Å². The topological polar surface area (TPSA) is 0 Å². The van der Waals surface area contributed by atoms with Gasteiger partial charge in [-0.3, -0.25) is 0 Å². The predicted octanol–water partition coefficient (Wildman–Crippen LogP) is 3.99. The maximum atomic E-state index is 2.28. The van der Waals surface area contributed by atoms with Gasteiger partial charge in [-0.05, 0) is 0 Å². The van der Waals surface area contributed by atoms with Crippen molar-refractivity contribution in [1.29, 1.82) is 0 Å². The van der Waals surface area contributed by atoms with Crippen LogP contribution >= 0.6 is 17.8 Å². The Hall–Kier alpha value is -1.56. The molecular formula is C19H19PS. The van der Waals surface area contributed by atoms with Crippen LogP contribution in [-0.2, 0) is 0 Å². The molecule has 0 N–H and O–H groups in total. The molecule has 21 heavy (non-hydrogen) atoms. The van der Waals surface area contributed by atoms with E-state index in [9.17, 15) is 0 Å². The summed E-state index contributed by atoms with van der Waals surface area (Å²) in [6.07, 6.45) is 2.25. The molecular weight excluding hydrogens is 291 g/mol. The Labute approximate surface area is 131 Å². The van der Waals surface area contributed by atoms with Crippen LogP contribution in [0.2, 0.25) is 0 Å².